The molecule has 0 bridgehead atoms. The van der Waals surface area contributed by atoms with Crippen LogP contribution in [0.25, 0.3) is 66.8 Å². The smallest absolute Gasteiger partial charge is 0.335 e. The number of carboxylic acid groups (broad SMARTS) is 2. The minimum absolute atomic E-state index is 0.211. The summed E-state index contributed by atoms with van der Waals surface area (Å²) in [7, 11) is 0. The van der Waals surface area contributed by atoms with Gasteiger partial charge in [0.1, 0.15) is 0 Å². The average Bonchev–Trinajstić information content (AvgIpc) is 3.15. The molecule has 230 valence electrons. The second kappa shape index (κ2) is 13.1. The van der Waals surface area contributed by atoms with Crippen LogP contribution in [0.4, 0.5) is 0 Å². The summed E-state index contributed by atoms with van der Waals surface area (Å²) in [5.41, 5.74) is 12.0. The van der Waals surface area contributed by atoms with Gasteiger partial charge in [-0.1, -0.05) is 146 Å². The zero-order valence-corrected chi connectivity index (χ0v) is 25.9. The summed E-state index contributed by atoms with van der Waals surface area (Å²) in [6.07, 6.45) is 0. The Morgan fingerprint density at radius 2 is 0.458 bits per heavy atom. The summed E-state index contributed by atoms with van der Waals surface area (Å²) in [6, 6.07) is 55.2. The van der Waals surface area contributed by atoms with Gasteiger partial charge in [0.05, 0.1) is 11.1 Å². The highest BCUT2D eigenvalue weighted by Crippen LogP contribution is 2.55. The highest BCUT2D eigenvalue weighted by molar-refractivity contribution is 6.15. The van der Waals surface area contributed by atoms with Crippen molar-refractivity contribution in [3.63, 3.8) is 0 Å². The Kier molecular flexibility index (Phi) is 8.21. The van der Waals surface area contributed by atoms with Gasteiger partial charge in [0.2, 0.25) is 0 Å². The Labute approximate surface area is 278 Å². The van der Waals surface area contributed by atoms with Gasteiger partial charge in [-0.15, -0.1) is 0 Å². The second-order valence-electron chi connectivity index (χ2n) is 11.5. The van der Waals surface area contributed by atoms with Crippen molar-refractivity contribution in [2.75, 3.05) is 0 Å². The van der Waals surface area contributed by atoms with Crippen molar-refractivity contribution < 1.29 is 19.8 Å². The molecule has 0 amide bonds. The maximum atomic E-state index is 11.9. The summed E-state index contributed by atoms with van der Waals surface area (Å²) in [5.74, 6) is -1.97. The van der Waals surface area contributed by atoms with Gasteiger partial charge in [-0.3, -0.25) is 0 Å². The summed E-state index contributed by atoms with van der Waals surface area (Å²) in [4.78, 5) is 23.9. The standard InChI is InChI=1S/C44H30O4/c45-43(46)35-25-21-33(22-26-35)41-37(29-13-5-1-6-14-29)38(30-15-7-2-8-16-30)42(34-23-27-36(28-24-34)44(47)48)40(32-19-11-4-12-20-32)39(41)31-17-9-3-10-18-31/h1-28H,(H,45,46)(H,47,48). The quantitative estimate of drug-likeness (QED) is 0.177. The molecule has 0 saturated carbocycles. The Morgan fingerprint density at radius 3 is 0.646 bits per heavy atom. The predicted molar refractivity (Wildman–Crippen MR) is 193 cm³/mol. The van der Waals surface area contributed by atoms with Gasteiger partial charge in [-0.2, -0.15) is 0 Å². The third-order valence-corrected chi connectivity index (χ3v) is 8.59. The van der Waals surface area contributed by atoms with Gasteiger partial charge >= 0.3 is 11.9 Å². The molecule has 48 heavy (non-hydrogen) atoms. The van der Waals surface area contributed by atoms with Gasteiger partial charge in [0.25, 0.3) is 0 Å². The zero-order chi connectivity index (χ0) is 33.0. The molecular weight excluding hydrogens is 592 g/mol. The van der Waals surface area contributed by atoms with Crippen LogP contribution in [0.3, 0.4) is 0 Å². The van der Waals surface area contributed by atoms with Crippen molar-refractivity contribution in [2.24, 2.45) is 0 Å². The zero-order valence-electron chi connectivity index (χ0n) is 25.9. The number of hydrogen-bond acceptors (Lipinski definition) is 2. The lowest BCUT2D eigenvalue weighted by Crippen LogP contribution is -2.03. The molecule has 0 aliphatic carbocycles. The molecule has 0 fully saturated rings. The van der Waals surface area contributed by atoms with Crippen LogP contribution in [0.15, 0.2) is 170 Å². The van der Waals surface area contributed by atoms with E-state index < -0.39 is 11.9 Å². The lowest BCUT2D eigenvalue weighted by atomic mass is 9.74. The predicted octanol–water partition coefficient (Wildman–Crippen LogP) is 11.1. The lowest BCUT2D eigenvalue weighted by molar-refractivity contribution is 0.0686. The van der Waals surface area contributed by atoms with Gasteiger partial charge in [-0.25, -0.2) is 9.59 Å². The van der Waals surface area contributed by atoms with Crippen LogP contribution >= 0.6 is 0 Å². The number of hydrogen-bond donors (Lipinski definition) is 2. The molecular formula is C44H30O4. The van der Waals surface area contributed by atoms with Crippen molar-refractivity contribution >= 4 is 11.9 Å². The van der Waals surface area contributed by atoms with Crippen LogP contribution in [0.1, 0.15) is 20.7 Å². The van der Waals surface area contributed by atoms with E-state index in [1.165, 1.54) is 0 Å². The molecule has 0 aliphatic heterocycles. The van der Waals surface area contributed by atoms with Gasteiger partial charge < -0.3 is 10.2 Å². The SMILES string of the molecule is O=C(O)c1ccc(-c2c(-c3ccccc3)c(-c3ccccc3)c(-c3ccc(C(=O)O)cc3)c(-c3ccccc3)c2-c2ccccc2)cc1. The first kappa shape index (κ1) is 30.2. The number of aromatic carboxylic acids is 2. The van der Waals surface area contributed by atoms with E-state index in [9.17, 15) is 19.8 Å². The highest BCUT2D eigenvalue weighted by atomic mass is 16.4. The summed E-state index contributed by atoms with van der Waals surface area (Å²) < 4.78 is 0. The van der Waals surface area contributed by atoms with Gasteiger partial charge in [0.15, 0.2) is 0 Å². The molecule has 7 aromatic rings. The van der Waals surface area contributed by atoms with Crippen LogP contribution < -0.4 is 0 Å². The molecule has 2 N–H and O–H groups in total. The molecule has 0 spiro atoms. The molecule has 0 unspecified atom stereocenters. The fourth-order valence-corrected chi connectivity index (χ4v) is 6.46. The molecule has 0 atom stereocenters. The largest absolute Gasteiger partial charge is 0.478 e. The maximum absolute atomic E-state index is 11.9. The fraction of sp³-hybridized carbons (Fsp3) is 0. The number of benzene rings is 7. The van der Waals surface area contributed by atoms with Gasteiger partial charge in [-0.05, 0) is 91.0 Å². The molecule has 0 radical (unpaired) electrons. The van der Waals surface area contributed by atoms with E-state index in [1.807, 2.05) is 97.1 Å². The molecule has 0 saturated heterocycles. The topological polar surface area (TPSA) is 74.6 Å². The summed E-state index contributed by atoms with van der Waals surface area (Å²) in [6.45, 7) is 0. The third-order valence-electron chi connectivity index (χ3n) is 8.59. The molecule has 7 rings (SSSR count). The van der Waals surface area contributed by atoms with Crippen molar-refractivity contribution in [3.8, 4) is 66.8 Å². The Bertz CT molecular complexity index is 1960. The Balaban J connectivity index is 1.77. The van der Waals surface area contributed by atoms with Crippen molar-refractivity contribution in [2.45, 2.75) is 0 Å². The first-order valence-electron chi connectivity index (χ1n) is 15.6. The van der Waals surface area contributed by atoms with E-state index >= 15 is 0 Å². The molecule has 7 aromatic carbocycles. The first-order chi connectivity index (χ1) is 23.5. The number of carboxylic acids is 2. The van der Waals surface area contributed by atoms with Crippen molar-refractivity contribution in [1.82, 2.24) is 0 Å². The average molecular weight is 623 g/mol. The maximum Gasteiger partial charge on any atom is 0.335 e. The van der Waals surface area contributed by atoms with Crippen LogP contribution in [-0.4, -0.2) is 22.2 Å². The van der Waals surface area contributed by atoms with Crippen LogP contribution in [-0.2, 0) is 0 Å². The molecule has 0 aliphatic rings. The van der Waals surface area contributed by atoms with Crippen LogP contribution in [0.2, 0.25) is 0 Å². The second-order valence-corrected chi connectivity index (χ2v) is 11.5. The number of rotatable bonds is 8. The molecule has 0 heterocycles. The van der Waals surface area contributed by atoms with Crippen molar-refractivity contribution in [3.05, 3.63) is 181 Å². The summed E-state index contributed by atoms with van der Waals surface area (Å²) in [5, 5.41) is 19.6. The van der Waals surface area contributed by atoms with Crippen LogP contribution in [0.5, 0.6) is 0 Å². The fourth-order valence-electron chi connectivity index (χ4n) is 6.46. The normalized spacial score (nSPS) is 10.8. The Hall–Kier alpha value is -6.52. The highest BCUT2D eigenvalue weighted by Gasteiger charge is 2.29. The van der Waals surface area contributed by atoms with E-state index in [0.29, 0.717) is 0 Å². The van der Waals surface area contributed by atoms with Gasteiger partial charge in [0, 0.05) is 0 Å². The monoisotopic (exact) mass is 622 g/mol. The van der Waals surface area contributed by atoms with Crippen molar-refractivity contribution in [1.29, 1.82) is 0 Å². The minimum Gasteiger partial charge on any atom is -0.478 e. The first-order valence-corrected chi connectivity index (χ1v) is 15.6. The van der Waals surface area contributed by atoms with Crippen LogP contribution in [0, 0.1) is 0 Å². The van der Waals surface area contributed by atoms with E-state index in [4.69, 9.17) is 0 Å². The van der Waals surface area contributed by atoms with E-state index in [1.54, 1.807) is 24.3 Å². The Morgan fingerprint density at radius 1 is 0.271 bits per heavy atom. The van der Waals surface area contributed by atoms with E-state index in [-0.39, 0.29) is 11.1 Å². The summed E-state index contributed by atoms with van der Waals surface area (Å²) >= 11 is 0. The lowest BCUT2D eigenvalue weighted by Gasteiger charge is -2.29. The third kappa shape index (κ3) is 5.68. The molecule has 4 nitrogen and oxygen atoms in total. The van der Waals surface area contributed by atoms with E-state index in [0.717, 1.165) is 66.8 Å². The van der Waals surface area contributed by atoms with E-state index in [2.05, 4.69) is 48.5 Å². The minimum atomic E-state index is -0.983. The molecule has 0 aromatic heterocycles. The molecule has 4 heteroatoms. The number of carbonyl (C=O) groups is 2.